The fourth-order valence-electron chi connectivity index (χ4n) is 10.4. The zero-order chi connectivity index (χ0) is 70.2. The second-order valence-corrected chi connectivity index (χ2v) is 21.5. The number of esters is 2. The molecule has 0 saturated heterocycles. The average molecular weight is 1370 g/mol. The van der Waals surface area contributed by atoms with Crippen LogP contribution in [0.25, 0.3) is 16.5 Å². The van der Waals surface area contributed by atoms with Crippen molar-refractivity contribution >= 4 is 56.4 Å². The number of hydrogen-bond acceptors (Lipinski definition) is 4. The highest BCUT2D eigenvalue weighted by Gasteiger charge is 2.47. The van der Waals surface area contributed by atoms with Gasteiger partial charge in [-0.3, -0.25) is 0 Å². The number of para-hydroxylation sites is 1. The van der Waals surface area contributed by atoms with Crippen molar-refractivity contribution in [3.63, 3.8) is 0 Å². The second-order valence-electron chi connectivity index (χ2n) is 21.5. The highest BCUT2D eigenvalue weighted by Crippen LogP contribution is 2.42. The van der Waals surface area contributed by atoms with Gasteiger partial charge in [-0.2, -0.15) is 132 Å². The van der Waals surface area contributed by atoms with Crippen molar-refractivity contribution in [2.75, 3.05) is 13.2 Å². The topological polar surface area (TPSA) is 56.5 Å². The number of benzene rings is 6. The van der Waals surface area contributed by atoms with E-state index in [0.717, 1.165) is 67.8 Å². The van der Waals surface area contributed by atoms with Crippen molar-refractivity contribution in [3.05, 3.63) is 201 Å². The van der Waals surface area contributed by atoms with Crippen molar-refractivity contribution in [2.45, 2.75) is 121 Å². The van der Waals surface area contributed by atoms with Crippen molar-refractivity contribution < 1.29 is 129 Å². The van der Waals surface area contributed by atoms with Gasteiger partial charge in [0, 0.05) is 23.1 Å². The lowest BCUT2D eigenvalue weighted by atomic mass is 9.12. The van der Waals surface area contributed by atoms with Gasteiger partial charge in [-0.05, 0) is 54.8 Å². The summed E-state index contributed by atoms with van der Waals surface area (Å²) in [5, 5.41) is 1.08. The summed E-state index contributed by atoms with van der Waals surface area (Å²) in [6.45, 7) is 5.18. The first kappa shape index (κ1) is 74.8. The number of carbonyl (C=O) groups is 2. The zero-order valence-corrected chi connectivity index (χ0v) is 48.9. The third-order valence-corrected chi connectivity index (χ3v) is 14.9. The standard InChI is InChI=1S/C32H12BF24.C32H40NO4/c34-25(35,36)13-1-14(26(37,38)39)6-21(5-13)33(22-7-15(27(40,41)42)2-16(8-22)28(43,44)45,23-9-17(29(46,47)48)3-18(10-23)30(49,50)51)24-11-19(31(52,53)54)4-20(12-24)32(55,56)57;1-3-5-7-14-23-36-31(34)30(32(35)37-24-15-8-6-4-2)28(26-17-10-9-11-18-26)25-33-22-16-20-27-19-12-13-21-29(27)33/h1-12H;9-13,16-22H,3-8,14-15,23-25H2,1-2H3/q-1;+1. The Bertz CT molecular complexity index is 3330. The van der Waals surface area contributed by atoms with Gasteiger partial charge in [0.1, 0.15) is 6.15 Å². The van der Waals surface area contributed by atoms with E-state index in [1.165, 1.54) is 0 Å². The third-order valence-electron chi connectivity index (χ3n) is 14.9. The molecule has 30 heteroatoms. The summed E-state index contributed by atoms with van der Waals surface area (Å²) in [7, 11) is 0. The van der Waals surface area contributed by atoms with E-state index in [4.69, 9.17) is 9.47 Å². The number of carbonyl (C=O) groups excluding carboxylic acids is 2. The molecule has 1 heterocycles. The summed E-state index contributed by atoms with van der Waals surface area (Å²) in [4.78, 5) is 26.9. The van der Waals surface area contributed by atoms with Gasteiger partial charge < -0.3 is 9.47 Å². The monoisotopic (exact) mass is 1370 g/mol. The van der Waals surface area contributed by atoms with E-state index in [0.29, 0.717) is 12.1 Å². The Kier molecular flexibility index (Phi) is 23.2. The molecule has 0 radical (unpaired) electrons. The van der Waals surface area contributed by atoms with Crippen LogP contribution in [0.4, 0.5) is 105 Å². The van der Waals surface area contributed by atoms with Gasteiger partial charge >= 0.3 is 61.3 Å². The van der Waals surface area contributed by atoms with E-state index >= 15 is 0 Å². The second kappa shape index (κ2) is 29.2. The molecule has 1 aromatic heterocycles. The minimum absolute atomic E-state index is 0.0161. The molecule has 0 fully saturated rings. The van der Waals surface area contributed by atoms with Crippen LogP contribution >= 0.6 is 0 Å². The average Bonchev–Trinajstić information content (AvgIpc) is 0.708. The Morgan fingerprint density at radius 3 is 0.947 bits per heavy atom. The molecule has 0 aliphatic carbocycles. The predicted molar refractivity (Wildman–Crippen MR) is 298 cm³/mol. The number of rotatable bonds is 19. The first-order chi connectivity index (χ1) is 43.4. The summed E-state index contributed by atoms with van der Waals surface area (Å²) in [5.41, 5.74) is -27.8. The van der Waals surface area contributed by atoms with E-state index in [1.807, 2.05) is 72.9 Å². The summed E-state index contributed by atoms with van der Waals surface area (Å²) in [6, 6.07) is 12.9. The van der Waals surface area contributed by atoms with E-state index in [2.05, 4.69) is 18.4 Å². The maximum Gasteiger partial charge on any atom is 0.416 e. The van der Waals surface area contributed by atoms with Crippen molar-refractivity contribution in [1.82, 2.24) is 0 Å². The molecule has 7 rings (SSSR count). The van der Waals surface area contributed by atoms with Gasteiger partial charge in [0.05, 0.1) is 57.7 Å². The van der Waals surface area contributed by atoms with Crippen LogP contribution in [-0.4, -0.2) is 31.3 Å². The van der Waals surface area contributed by atoms with Crippen LogP contribution in [0.1, 0.15) is 115 Å². The van der Waals surface area contributed by atoms with Crippen LogP contribution in [-0.2, 0) is 75.0 Å². The zero-order valence-electron chi connectivity index (χ0n) is 48.9. The molecule has 0 bridgehead atoms. The molecule has 5 nitrogen and oxygen atoms in total. The Morgan fingerprint density at radius 2 is 0.649 bits per heavy atom. The minimum atomic E-state index is -6.13. The Labute approximate surface area is 519 Å². The molecule has 0 aliphatic heterocycles. The highest BCUT2D eigenvalue weighted by molar-refractivity contribution is 7.20. The molecule has 6 aromatic carbocycles. The maximum absolute atomic E-state index is 14.2. The molecule has 0 aliphatic rings. The summed E-state index contributed by atoms with van der Waals surface area (Å²) < 4.78 is 354. The highest BCUT2D eigenvalue weighted by atomic mass is 19.4. The fourth-order valence-corrected chi connectivity index (χ4v) is 10.4. The molecule has 0 unspecified atom stereocenters. The number of allylic oxidation sites excluding steroid dienone is 1. The van der Waals surface area contributed by atoms with E-state index in [-0.39, 0.29) is 18.8 Å². The van der Waals surface area contributed by atoms with Crippen LogP contribution in [0.2, 0.25) is 0 Å². The molecule has 508 valence electrons. The molecular formula is C64H52BF24NO4. The number of alkyl halides is 24. The third kappa shape index (κ3) is 18.8. The quantitative estimate of drug-likeness (QED) is 0.0118. The van der Waals surface area contributed by atoms with Gasteiger partial charge in [0.2, 0.25) is 5.52 Å². The SMILES string of the molecule is CCCCCCOC(=O)C(C(=O)OCCCCCC)=C(C[n+]1cccc2ccccc21)c1ccccc1.FC(F)(F)c1cc([B-](c2cc(C(F)(F)F)cc(C(F)(F)F)c2)(c2cc(C(F)(F)F)cc(C(F)(F)F)c2)c2cc(C(F)(F)F)cc(C(F)(F)F)c2)cc(C(F)(F)F)c1. The Hall–Kier alpha value is -8.21. The maximum atomic E-state index is 14.2. The molecule has 0 spiro atoms. The molecule has 7 aromatic rings. The molecule has 0 amide bonds. The first-order valence-corrected chi connectivity index (χ1v) is 28.3. The van der Waals surface area contributed by atoms with E-state index in [9.17, 15) is 115 Å². The predicted octanol–water partition coefficient (Wildman–Crippen LogP) is 18.0. The summed E-state index contributed by atoms with van der Waals surface area (Å²) in [6.07, 6.45) is -44.9. The van der Waals surface area contributed by atoms with Crippen molar-refractivity contribution in [2.24, 2.45) is 0 Å². The van der Waals surface area contributed by atoms with Crippen LogP contribution in [0.15, 0.2) is 151 Å². The number of nitrogens with zero attached hydrogens (tertiary/aromatic N) is 1. The number of hydrogen-bond donors (Lipinski definition) is 0. The lowest BCUT2D eigenvalue weighted by Crippen LogP contribution is -2.75. The van der Waals surface area contributed by atoms with Crippen LogP contribution in [0, 0.1) is 0 Å². The number of unbranched alkanes of at least 4 members (excludes halogenated alkanes) is 6. The molecule has 94 heavy (non-hydrogen) atoms. The van der Waals surface area contributed by atoms with Crippen molar-refractivity contribution in [3.8, 4) is 0 Å². The molecule has 0 saturated carbocycles. The van der Waals surface area contributed by atoms with Gasteiger partial charge in [-0.25, -0.2) is 9.59 Å². The smallest absolute Gasteiger partial charge is 0.416 e. The van der Waals surface area contributed by atoms with Gasteiger partial charge in [-0.15, -0.1) is 0 Å². The van der Waals surface area contributed by atoms with E-state index < -0.39 is 207 Å². The molecule has 0 atom stereocenters. The van der Waals surface area contributed by atoms with Crippen LogP contribution in [0.5, 0.6) is 0 Å². The van der Waals surface area contributed by atoms with Crippen LogP contribution < -0.4 is 26.4 Å². The number of pyridine rings is 1. The number of ether oxygens (including phenoxy) is 2. The largest absolute Gasteiger partial charge is 0.462 e. The first-order valence-electron chi connectivity index (χ1n) is 28.3. The number of fused-ring (bicyclic) bond motifs is 1. The molecule has 0 N–H and O–H groups in total. The molecular weight excluding hydrogens is 1310 g/mol. The van der Waals surface area contributed by atoms with E-state index in [1.54, 1.807) is 0 Å². The normalized spacial score (nSPS) is 12.9. The number of aromatic nitrogens is 1. The van der Waals surface area contributed by atoms with Gasteiger partial charge in [0.25, 0.3) is 0 Å². The van der Waals surface area contributed by atoms with Crippen molar-refractivity contribution in [1.29, 1.82) is 0 Å². The summed E-state index contributed by atoms with van der Waals surface area (Å²) in [5.74, 6) is -1.23. The lowest BCUT2D eigenvalue weighted by molar-refractivity contribution is -0.658. The number of halogens is 24. The lowest BCUT2D eigenvalue weighted by Gasteiger charge is -2.46. The fraction of sp³-hybridized carbons (Fsp3) is 0.328. The Morgan fingerprint density at radius 1 is 0.362 bits per heavy atom. The van der Waals surface area contributed by atoms with Crippen LogP contribution in [0.3, 0.4) is 0 Å². The van der Waals surface area contributed by atoms with Gasteiger partial charge in [-0.1, -0.05) is 143 Å². The summed E-state index contributed by atoms with van der Waals surface area (Å²) >= 11 is 0. The minimum Gasteiger partial charge on any atom is -0.462 e. The van der Waals surface area contributed by atoms with Gasteiger partial charge in [0.15, 0.2) is 18.3 Å². The Balaban J connectivity index is 0.000000326.